The summed E-state index contributed by atoms with van der Waals surface area (Å²) in [7, 11) is 0. The average molecular weight is 412 g/mol. The Morgan fingerprint density at radius 1 is 1.28 bits per heavy atom. The number of fused-ring (bicyclic) bond motifs is 1. The van der Waals surface area contributed by atoms with Crippen molar-refractivity contribution in [3.63, 3.8) is 0 Å². The smallest absolute Gasteiger partial charge is 0.264 e. The fourth-order valence-corrected chi connectivity index (χ4v) is 4.37. The van der Waals surface area contributed by atoms with E-state index in [9.17, 15) is 4.79 Å². The first kappa shape index (κ1) is 19.6. The van der Waals surface area contributed by atoms with Gasteiger partial charge in [0, 0.05) is 18.0 Å². The van der Waals surface area contributed by atoms with Gasteiger partial charge in [-0.3, -0.25) is 10.1 Å². The molecule has 1 atom stereocenters. The number of para-hydroxylation sites is 1. The highest BCUT2D eigenvalue weighted by Gasteiger charge is 2.22. The third kappa shape index (κ3) is 4.48. The summed E-state index contributed by atoms with van der Waals surface area (Å²) >= 11 is 1.33. The number of carbonyl (C=O) groups excluding carboxylic acids is 1. The number of aryl methyl sites for hydroxylation is 1. The maximum Gasteiger partial charge on any atom is 0.264 e. The van der Waals surface area contributed by atoms with Gasteiger partial charge < -0.3 is 9.64 Å². The highest BCUT2D eigenvalue weighted by molar-refractivity contribution is 7.15. The van der Waals surface area contributed by atoms with Crippen LogP contribution in [0.5, 0.6) is 5.75 Å². The lowest BCUT2D eigenvalue weighted by Crippen LogP contribution is -2.39. The molecule has 1 fully saturated rings. The van der Waals surface area contributed by atoms with Crippen LogP contribution in [0.2, 0.25) is 0 Å². The van der Waals surface area contributed by atoms with Crippen LogP contribution in [0.25, 0.3) is 10.9 Å². The van der Waals surface area contributed by atoms with Crippen LogP contribution >= 0.6 is 11.3 Å². The fraction of sp³-hybridized carbons (Fsp3) is 0.429. The van der Waals surface area contributed by atoms with Gasteiger partial charge in [0.15, 0.2) is 6.61 Å². The molecule has 1 aliphatic heterocycles. The molecule has 1 aliphatic rings. The Morgan fingerprint density at radius 2 is 2.17 bits per heavy atom. The number of piperidine rings is 1. The molecule has 0 radical (unpaired) electrons. The number of pyridine rings is 1. The van der Waals surface area contributed by atoms with Gasteiger partial charge in [-0.05, 0) is 50.8 Å². The first-order valence-electron chi connectivity index (χ1n) is 10.0. The summed E-state index contributed by atoms with van der Waals surface area (Å²) in [5, 5.41) is 12.8. The van der Waals surface area contributed by atoms with Crippen molar-refractivity contribution in [3.8, 4) is 5.75 Å². The Balaban J connectivity index is 1.52. The lowest BCUT2D eigenvalue weighted by Gasteiger charge is -2.36. The molecule has 0 spiro atoms. The minimum Gasteiger partial charge on any atom is -0.481 e. The van der Waals surface area contributed by atoms with Gasteiger partial charge in [0.05, 0.1) is 0 Å². The number of amides is 1. The van der Waals surface area contributed by atoms with Gasteiger partial charge in [0.2, 0.25) is 5.13 Å². The molecule has 4 rings (SSSR count). The van der Waals surface area contributed by atoms with Crippen LogP contribution in [0.1, 0.15) is 37.6 Å². The van der Waals surface area contributed by atoms with Crippen LogP contribution in [0.3, 0.4) is 0 Å². The molecule has 7 nitrogen and oxygen atoms in total. The zero-order valence-electron chi connectivity index (χ0n) is 16.7. The van der Waals surface area contributed by atoms with E-state index in [1.807, 2.05) is 25.1 Å². The molecule has 2 aromatic heterocycles. The van der Waals surface area contributed by atoms with Crippen molar-refractivity contribution in [2.24, 2.45) is 0 Å². The molecule has 1 saturated heterocycles. The van der Waals surface area contributed by atoms with Crippen LogP contribution in [-0.2, 0) is 4.79 Å². The van der Waals surface area contributed by atoms with Gasteiger partial charge in [0.1, 0.15) is 22.1 Å². The molecule has 0 bridgehead atoms. The zero-order chi connectivity index (χ0) is 20.2. The Labute approximate surface area is 174 Å². The third-order valence-electron chi connectivity index (χ3n) is 5.19. The molecule has 8 heteroatoms. The minimum absolute atomic E-state index is 0.106. The molecule has 0 saturated carbocycles. The second kappa shape index (κ2) is 8.73. The van der Waals surface area contributed by atoms with Crippen molar-refractivity contribution in [2.45, 2.75) is 45.6 Å². The Hall–Kier alpha value is -2.74. The monoisotopic (exact) mass is 411 g/mol. The van der Waals surface area contributed by atoms with Gasteiger partial charge in [-0.15, -0.1) is 10.2 Å². The van der Waals surface area contributed by atoms with Crippen molar-refractivity contribution >= 4 is 39.1 Å². The number of carbonyl (C=O) groups is 1. The van der Waals surface area contributed by atoms with Gasteiger partial charge in [-0.25, -0.2) is 4.98 Å². The second-order valence-corrected chi connectivity index (χ2v) is 8.39. The number of hydrogen-bond donors (Lipinski definition) is 1. The topological polar surface area (TPSA) is 80.2 Å². The lowest BCUT2D eigenvalue weighted by atomic mass is 10.00. The molecule has 1 aromatic carbocycles. The summed E-state index contributed by atoms with van der Waals surface area (Å²) in [5.41, 5.74) is 0.782. The average Bonchev–Trinajstić information content (AvgIpc) is 3.16. The first-order chi connectivity index (χ1) is 14.1. The molecular weight excluding hydrogens is 386 g/mol. The van der Waals surface area contributed by atoms with E-state index in [2.05, 4.69) is 39.5 Å². The number of ether oxygens (including phenoxy) is 1. The van der Waals surface area contributed by atoms with E-state index in [1.165, 1.54) is 30.6 Å². The predicted octanol–water partition coefficient (Wildman–Crippen LogP) is 4.18. The number of nitrogens with zero attached hydrogens (tertiary/aromatic N) is 4. The molecule has 1 unspecified atom stereocenters. The maximum absolute atomic E-state index is 12.2. The van der Waals surface area contributed by atoms with E-state index in [4.69, 9.17) is 9.72 Å². The minimum atomic E-state index is -0.267. The van der Waals surface area contributed by atoms with E-state index >= 15 is 0 Å². The van der Waals surface area contributed by atoms with Gasteiger partial charge >= 0.3 is 0 Å². The third-order valence-corrected chi connectivity index (χ3v) is 5.95. The summed E-state index contributed by atoms with van der Waals surface area (Å²) in [4.78, 5) is 19.5. The number of benzene rings is 1. The summed E-state index contributed by atoms with van der Waals surface area (Å²) in [6.45, 7) is 5.00. The van der Waals surface area contributed by atoms with E-state index in [0.717, 1.165) is 34.7 Å². The molecule has 3 heterocycles. The summed E-state index contributed by atoms with van der Waals surface area (Å²) in [6, 6.07) is 10.5. The number of aromatic nitrogens is 3. The van der Waals surface area contributed by atoms with Crippen LogP contribution in [0.15, 0.2) is 30.3 Å². The molecule has 1 N–H and O–H groups in total. The number of rotatable bonds is 6. The highest BCUT2D eigenvalue weighted by atomic mass is 32.1. The summed E-state index contributed by atoms with van der Waals surface area (Å²) in [5.74, 6) is 1.32. The van der Waals surface area contributed by atoms with E-state index in [1.54, 1.807) is 0 Å². The number of anilines is 2. The van der Waals surface area contributed by atoms with Gasteiger partial charge in [0.25, 0.3) is 5.91 Å². The Bertz CT molecular complexity index is 1010. The molecule has 3 aromatic rings. The highest BCUT2D eigenvalue weighted by Crippen LogP contribution is 2.30. The lowest BCUT2D eigenvalue weighted by molar-refractivity contribution is -0.118. The number of nitrogens with one attached hydrogen (secondary N) is 1. The van der Waals surface area contributed by atoms with Crippen molar-refractivity contribution in [2.75, 3.05) is 23.4 Å². The second-order valence-electron chi connectivity index (χ2n) is 7.21. The Morgan fingerprint density at radius 3 is 2.97 bits per heavy atom. The maximum atomic E-state index is 12.2. The first-order valence-corrected chi connectivity index (χ1v) is 10.8. The van der Waals surface area contributed by atoms with Crippen molar-refractivity contribution in [1.29, 1.82) is 0 Å². The fourth-order valence-electron chi connectivity index (χ4n) is 3.76. The van der Waals surface area contributed by atoms with Crippen molar-refractivity contribution < 1.29 is 9.53 Å². The van der Waals surface area contributed by atoms with E-state index < -0.39 is 0 Å². The zero-order valence-corrected chi connectivity index (χ0v) is 17.5. The summed E-state index contributed by atoms with van der Waals surface area (Å²) < 4.78 is 5.82. The normalized spacial score (nSPS) is 16.8. The van der Waals surface area contributed by atoms with Crippen molar-refractivity contribution in [1.82, 2.24) is 15.2 Å². The molecule has 0 aliphatic carbocycles. The van der Waals surface area contributed by atoms with Crippen LogP contribution in [-0.4, -0.2) is 40.3 Å². The standard InChI is InChI=1S/C21H25N5O2S/c1-3-16-8-4-5-12-26(16)18-11-10-15-7-6-9-17(20(15)22-18)28-13-19(27)23-21-25-24-14(2)29-21/h6-7,9-11,16H,3-5,8,12-13H2,1-2H3,(H,23,25,27). The van der Waals surface area contributed by atoms with E-state index in [-0.39, 0.29) is 12.5 Å². The van der Waals surface area contributed by atoms with Gasteiger partial charge in [-0.1, -0.05) is 30.4 Å². The van der Waals surface area contributed by atoms with Crippen LogP contribution in [0, 0.1) is 6.92 Å². The molecule has 152 valence electrons. The van der Waals surface area contributed by atoms with Crippen molar-refractivity contribution in [3.05, 3.63) is 35.3 Å². The van der Waals surface area contributed by atoms with Crippen LogP contribution in [0.4, 0.5) is 10.9 Å². The summed E-state index contributed by atoms with van der Waals surface area (Å²) in [6.07, 6.45) is 4.79. The molecule has 29 heavy (non-hydrogen) atoms. The number of hydrogen-bond acceptors (Lipinski definition) is 7. The molecule has 1 amide bonds. The molecular formula is C21H25N5O2S. The quantitative estimate of drug-likeness (QED) is 0.655. The van der Waals surface area contributed by atoms with Crippen LogP contribution < -0.4 is 15.0 Å². The predicted molar refractivity (Wildman–Crippen MR) is 116 cm³/mol. The van der Waals surface area contributed by atoms with E-state index in [0.29, 0.717) is 16.9 Å². The SMILES string of the molecule is CCC1CCCCN1c1ccc2cccc(OCC(=O)Nc3nnc(C)s3)c2n1. The Kier molecular flexibility index (Phi) is 5.89. The van der Waals surface area contributed by atoms with Gasteiger partial charge in [-0.2, -0.15) is 0 Å². The largest absolute Gasteiger partial charge is 0.481 e.